The Labute approximate surface area is 296 Å². The van der Waals surface area contributed by atoms with Gasteiger partial charge in [-0.05, 0) is 63.5 Å². The molecule has 2 aliphatic rings. The van der Waals surface area contributed by atoms with Crippen LogP contribution in [0.25, 0.3) is 10.9 Å². The zero-order chi connectivity index (χ0) is 38.6. The molecule has 0 saturated carbocycles. The fourth-order valence-electron chi connectivity index (χ4n) is 4.89. The number of amides is 1. The lowest BCUT2D eigenvalue weighted by molar-refractivity contribution is -0.344. The van der Waals surface area contributed by atoms with Crippen LogP contribution in [-0.4, -0.2) is 105 Å². The lowest BCUT2D eigenvalue weighted by Gasteiger charge is -2.50. The van der Waals surface area contributed by atoms with E-state index in [1.54, 1.807) is 18.2 Å². The molecule has 0 aliphatic carbocycles. The van der Waals surface area contributed by atoms with Crippen molar-refractivity contribution < 1.29 is 69.7 Å². The van der Waals surface area contributed by atoms with Gasteiger partial charge in [-0.2, -0.15) is 26.7 Å². The number of Topliss-reactive ketones (excluding diaryl/α,β-unsaturated/α-hetero) is 1. The van der Waals surface area contributed by atoms with Crippen molar-refractivity contribution in [3.05, 3.63) is 47.1 Å². The molecular weight excluding hydrogens is 745 g/mol. The van der Waals surface area contributed by atoms with Crippen molar-refractivity contribution in [3.8, 4) is 5.75 Å². The molecule has 284 valence electrons. The van der Waals surface area contributed by atoms with Crippen molar-refractivity contribution in [1.82, 2.24) is 20.3 Å². The number of aliphatic hydroxyl groups is 2. The van der Waals surface area contributed by atoms with Crippen LogP contribution >= 0.6 is 11.3 Å². The van der Waals surface area contributed by atoms with Gasteiger partial charge < -0.3 is 40.7 Å². The predicted octanol–water partition coefficient (Wildman–Crippen LogP) is -0.256. The topological polar surface area (TPSA) is 276 Å². The average Bonchev–Trinajstić information content (AvgIpc) is 3.46. The second-order valence-electron chi connectivity index (χ2n) is 12.0. The monoisotopic (exact) mass is 777 g/mol. The largest absolute Gasteiger partial charge is 0.542 e. The van der Waals surface area contributed by atoms with Crippen molar-refractivity contribution in [2.75, 3.05) is 25.4 Å². The van der Waals surface area contributed by atoms with Crippen molar-refractivity contribution in [1.29, 1.82) is 0 Å². The Balaban J connectivity index is 0.000000785. The minimum absolute atomic E-state index is 0.0141. The molecule has 2 atom stereocenters. The van der Waals surface area contributed by atoms with E-state index in [1.165, 1.54) is 19.2 Å². The molecule has 3 aromatic rings. The molecular formula is C29H32F3N6O12S2-. The number of fused-ring (bicyclic) bond motifs is 1. The van der Waals surface area contributed by atoms with Gasteiger partial charge in [-0.1, -0.05) is 11.2 Å². The fourth-order valence-corrected chi connectivity index (χ4v) is 5.90. The number of hydrogen-bond donors (Lipinski definition) is 5. The molecule has 6 N–H and O–H groups in total. The summed E-state index contributed by atoms with van der Waals surface area (Å²) in [5.41, 5.74) is 5.87. The Hall–Kier alpha value is -4.52. The molecule has 23 heteroatoms. The molecule has 1 amide bonds. The zero-order valence-corrected chi connectivity index (χ0v) is 28.8. The van der Waals surface area contributed by atoms with Gasteiger partial charge in [0.25, 0.3) is 5.91 Å². The third-order valence-electron chi connectivity index (χ3n) is 7.80. The van der Waals surface area contributed by atoms with E-state index in [9.17, 15) is 41.4 Å². The Morgan fingerprint density at radius 1 is 1.21 bits per heavy atom. The number of nitrogen functional groups attached to an aromatic ring is 1. The summed E-state index contributed by atoms with van der Waals surface area (Å²) in [7, 11) is -4.97. The number of rotatable bonds is 14. The number of nitrogens with two attached hydrogens (primary N) is 1. The number of aromatic nitrogens is 2. The lowest BCUT2D eigenvalue weighted by atomic mass is 9.74. The van der Waals surface area contributed by atoms with Crippen molar-refractivity contribution >= 4 is 61.1 Å². The van der Waals surface area contributed by atoms with E-state index in [0.717, 1.165) is 47.4 Å². The number of nitrogens with one attached hydrogen (secondary N) is 1. The van der Waals surface area contributed by atoms with Crippen LogP contribution in [0.2, 0.25) is 0 Å². The van der Waals surface area contributed by atoms with Crippen molar-refractivity contribution in [2.24, 2.45) is 17.0 Å². The molecule has 0 unspecified atom stereocenters. The van der Waals surface area contributed by atoms with Gasteiger partial charge in [-0.15, -0.1) is 15.6 Å². The molecule has 5 rings (SSSR count). The fraction of sp³-hybridized carbons (Fsp3) is 0.448. The number of β-lactam (4-membered cyclic amide) rings is 1. The van der Waals surface area contributed by atoms with E-state index < -0.39 is 64.5 Å². The minimum atomic E-state index is -5.19. The van der Waals surface area contributed by atoms with Gasteiger partial charge in [-0.3, -0.25) is 19.1 Å². The highest BCUT2D eigenvalue weighted by Crippen LogP contribution is 2.40. The van der Waals surface area contributed by atoms with Gasteiger partial charge in [-0.25, -0.2) is 4.98 Å². The molecule has 2 saturated heterocycles. The standard InChI is InChI=1S/C27H32N6O10S2.C2HF3O2/c1-27(2)18(24(35)33(27)43-45(38,39)40)9-21(34)23(20-13-44-26(28)31-20)32-42-22(25(36)37)12-41-17-5-6-19-15(8-17)3-4-16(30-19)7-14-10-29-11-14;3-2(4,5)1(6)7/h3-6,8,13-14,18,22,25,29,36-37H,7,9-12H2,1-2H3,(H2,28,31)(H,38,39,40);(H,6,7)/p-1/b32-23-;/t18-,22+;/m1./s1. The van der Waals surface area contributed by atoms with E-state index in [0.29, 0.717) is 16.7 Å². The number of oxime groups is 1. The number of thiazole rings is 1. The van der Waals surface area contributed by atoms with E-state index in [4.69, 9.17) is 34.7 Å². The van der Waals surface area contributed by atoms with Crippen LogP contribution in [0.3, 0.4) is 0 Å². The summed E-state index contributed by atoms with van der Waals surface area (Å²) < 4.78 is 72.8. The maximum Gasteiger partial charge on any atom is 0.430 e. The molecule has 2 aliphatic heterocycles. The summed E-state index contributed by atoms with van der Waals surface area (Å²) in [5.74, 6) is -4.67. The third-order valence-corrected chi connectivity index (χ3v) is 8.81. The van der Waals surface area contributed by atoms with E-state index in [-0.39, 0.29) is 23.1 Å². The third kappa shape index (κ3) is 10.3. The molecule has 4 heterocycles. The van der Waals surface area contributed by atoms with E-state index in [1.807, 2.05) is 12.1 Å². The van der Waals surface area contributed by atoms with Crippen LogP contribution in [-0.2, 0) is 40.3 Å². The Morgan fingerprint density at radius 2 is 1.88 bits per heavy atom. The summed E-state index contributed by atoms with van der Waals surface area (Å²) in [5, 5.41) is 38.6. The number of aliphatic hydroxyl groups excluding tert-OH is 1. The number of carbonyl (C=O) groups excluding carboxylic acids is 3. The zero-order valence-electron chi connectivity index (χ0n) is 27.1. The maximum atomic E-state index is 13.3. The van der Waals surface area contributed by atoms with Crippen LogP contribution in [0, 0.1) is 11.8 Å². The first-order chi connectivity index (χ1) is 24.2. The highest BCUT2D eigenvalue weighted by atomic mass is 32.3. The number of hydroxylamine groups is 2. The number of carboxylic acid groups (broad SMARTS) is 1. The van der Waals surface area contributed by atoms with Gasteiger partial charge in [0.05, 0.1) is 17.0 Å². The normalized spacial score (nSPS) is 18.2. The van der Waals surface area contributed by atoms with Gasteiger partial charge in [0.15, 0.2) is 22.9 Å². The Morgan fingerprint density at radius 3 is 2.40 bits per heavy atom. The smallest absolute Gasteiger partial charge is 0.430 e. The summed E-state index contributed by atoms with van der Waals surface area (Å²) in [6.45, 7) is 4.47. The summed E-state index contributed by atoms with van der Waals surface area (Å²) in [6, 6.07) is 9.14. The number of alkyl halides is 3. The number of aliphatic carboxylic acids is 1. The SMILES string of the molecule is CC1(C)[C@H](CC(=O)/C(=N\O[C@@H](COc2ccc3nc(CC4CNC4)ccc3c2)C(O)O)c2csc(N)n2)C(=O)N1OS(=O)(=O)O.O=C([O-])C(F)(F)F. The number of nitrogens with zero attached hydrogens (tertiary/aromatic N) is 4. The van der Waals surface area contributed by atoms with Gasteiger partial charge in [0, 0.05) is 22.9 Å². The predicted molar refractivity (Wildman–Crippen MR) is 171 cm³/mol. The summed E-state index contributed by atoms with van der Waals surface area (Å²) in [6.07, 6.45) is -8.28. The molecule has 0 spiro atoms. The second kappa shape index (κ2) is 16.0. The Kier molecular flexibility index (Phi) is 12.4. The first-order valence-electron chi connectivity index (χ1n) is 15.0. The van der Waals surface area contributed by atoms with Crippen LogP contribution in [0.1, 0.15) is 31.7 Å². The number of carbonyl (C=O) groups is 3. The summed E-state index contributed by atoms with van der Waals surface area (Å²) in [4.78, 5) is 48.8. The number of ether oxygens (including phenoxy) is 1. The number of ketones is 1. The average molecular weight is 778 g/mol. The molecule has 2 fully saturated rings. The van der Waals surface area contributed by atoms with Crippen molar-refractivity contribution in [3.63, 3.8) is 0 Å². The minimum Gasteiger partial charge on any atom is -0.542 e. The molecule has 1 aromatic carbocycles. The first-order valence-corrected chi connectivity index (χ1v) is 17.3. The highest BCUT2D eigenvalue weighted by molar-refractivity contribution is 7.80. The number of carboxylic acids is 1. The molecule has 0 radical (unpaired) electrons. The van der Waals surface area contributed by atoms with Crippen molar-refractivity contribution in [2.45, 2.75) is 50.8 Å². The van der Waals surface area contributed by atoms with Crippen LogP contribution in [0.4, 0.5) is 18.3 Å². The molecule has 18 nitrogen and oxygen atoms in total. The van der Waals surface area contributed by atoms with Gasteiger partial charge >= 0.3 is 16.6 Å². The second-order valence-corrected chi connectivity index (χ2v) is 13.9. The number of pyridine rings is 1. The number of benzene rings is 1. The number of anilines is 1. The number of hydrogen-bond acceptors (Lipinski definition) is 17. The van der Waals surface area contributed by atoms with E-state index in [2.05, 4.69) is 19.7 Å². The van der Waals surface area contributed by atoms with Crippen LogP contribution < -0.4 is 20.9 Å². The van der Waals surface area contributed by atoms with Gasteiger partial charge in [0.1, 0.15) is 24.0 Å². The molecule has 0 bridgehead atoms. The van der Waals surface area contributed by atoms with E-state index >= 15 is 0 Å². The summed E-state index contributed by atoms with van der Waals surface area (Å²) >= 11 is 1.01. The van der Waals surface area contributed by atoms with Gasteiger partial charge in [0.2, 0.25) is 6.10 Å². The lowest BCUT2D eigenvalue weighted by Crippen LogP contribution is -2.68. The number of halogens is 3. The first kappa shape index (κ1) is 40.3. The Bertz CT molecular complexity index is 1940. The molecule has 52 heavy (non-hydrogen) atoms. The highest BCUT2D eigenvalue weighted by Gasteiger charge is 2.57. The van der Waals surface area contributed by atoms with Crippen LogP contribution in [0.5, 0.6) is 5.75 Å². The van der Waals surface area contributed by atoms with Crippen LogP contribution in [0.15, 0.2) is 40.9 Å². The molecule has 2 aromatic heterocycles. The maximum absolute atomic E-state index is 13.3. The quantitative estimate of drug-likeness (QED) is 0.0464.